The third kappa shape index (κ3) is 3.81. The first-order valence-corrected chi connectivity index (χ1v) is 10.3. The molecule has 1 aliphatic heterocycles. The van der Waals surface area contributed by atoms with E-state index in [1.54, 1.807) is 4.57 Å². The number of anilines is 1. The Bertz CT molecular complexity index is 1310. The summed E-state index contributed by atoms with van der Waals surface area (Å²) in [6.45, 7) is 1.08. The zero-order valence-corrected chi connectivity index (χ0v) is 17.9. The number of fused-ring (bicyclic) bond motifs is 1. The highest BCUT2D eigenvalue weighted by Crippen LogP contribution is 2.33. The molecule has 0 radical (unpaired) electrons. The molecule has 9 nitrogen and oxygen atoms in total. The fourth-order valence-electron chi connectivity index (χ4n) is 4.05. The summed E-state index contributed by atoms with van der Waals surface area (Å²) < 4.78 is 20.2. The quantitative estimate of drug-likeness (QED) is 0.573. The van der Waals surface area contributed by atoms with Crippen molar-refractivity contribution in [2.45, 2.75) is 25.4 Å². The van der Waals surface area contributed by atoms with Gasteiger partial charge in [-0.15, -0.1) is 0 Å². The molecule has 1 fully saturated rings. The highest BCUT2D eigenvalue weighted by atomic mass is 35.5. The lowest BCUT2D eigenvalue weighted by molar-refractivity contribution is 0.0587. The summed E-state index contributed by atoms with van der Waals surface area (Å²) in [4.78, 5) is 33.6. The number of carbonyl (C=O) groups is 1. The molecule has 166 valence electrons. The van der Waals surface area contributed by atoms with Gasteiger partial charge in [0.25, 0.3) is 5.56 Å². The molecular weight excluding hydrogens is 439 g/mol. The van der Waals surface area contributed by atoms with E-state index in [2.05, 4.69) is 20.8 Å². The predicted molar refractivity (Wildman–Crippen MR) is 116 cm³/mol. The number of nitrogens with two attached hydrogens (primary N) is 1. The lowest BCUT2D eigenvalue weighted by Crippen LogP contribution is -2.44. The molecule has 1 atom stereocenters. The number of aromatic amines is 1. The normalized spacial score (nSPS) is 16.2. The van der Waals surface area contributed by atoms with Crippen LogP contribution in [0.3, 0.4) is 0 Å². The molecule has 0 aliphatic carbocycles. The van der Waals surface area contributed by atoms with Gasteiger partial charge in [-0.25, -0.2) is 14.2 Å². The fraction of sp³-hybridized carbons (Fsp3) is 0.333. The van der Waals surface area contributed by atoms with Gasteiger partial charge in [0.1, 0.15) is 34.3 Å². The minimum Gasteiger partial charge on any atom is -0.463 e. The van der Waals surface area contributed by atoms with Gasteiger partial charge in [0.2, 0.25) is 5.82 Å². The Labute approximate surface area is 187 Å². The maximum absolute atomic E-state index is 13.9. The van der Waals surface area contributed by atoms with E-state index in [9.17, 15) is 19.2 Å². The van der Waals surface area contributed by atoms with Crippen LogP contribution in [0.1, 0.15) is 34.6 Å². The Kier molecular flexibility index (Phi) is 5.86. The molecule has 32 heavy (non-hydrogen) atoms. The molecule has 3 N–H and O–H groups in total. The first-order chi connectivity index (χ1) is 15.3. The highest BCUT2D eigenvalue weighted by molar-refractivity contribution is 6.31. The number of ether oxygens (including phenoxy) is 1. The van der Waals surface area contributed by atoms with Crippen molar-refractivity contribution in [1.82, 2.24) is 14.5 Å². The van der Waals surface area contributed by atoms with Crippen LogP contribution in [0.5, 0.6) is 0 Å². The Morgan fingerprint density at radius 3 is 2.97 bits per heavy atom. The Hall–Kier alpha value is -3.42. The van der Waals surface area contributed by atoms with Gasteiger partial charge < -0.3 is 19.9 Å². The average Bonchev–Trinajstić information content (AvgIpc) is 3.09. The number of nitrogens with zero attached hydrogens (tertiary/aromatic N) is 4. The van der Waals surface area contributed by atoms with E-state index >= 15 is 0 Å². The molecule has 0 saturated carbocycles. The number of hydrogen-bond acceptors (Lipinski definition) is 7. The molecule has 2 aromatic heterocycles. The minimum absolute atomic E-state index is 0.0121. The van der Waals surface area contributed by atoms with Crippen LogP contribution < -0.4 is 16.2 Å². The standard InChI is InChI=1S/C21H20ClFN6O3/c1-32-21(31)18-26-16-14(8-24)20(28-6-2-3-13(25)10-28)29(17(16)19(30)27-18)9-11-7-12(23)4-5-15(11)22/h4-5,7,13H,2-3,6,9-10,25H2,1H3,(H,26,27,30)/t13-/m1/s1. The van der Waals surface area contributed by atoms with Gasteiger partial charge in [0, 0.05) is 24.2 Å². The average molecular weight is 459 g/mol. The molecule has 11 heteroatoms. The van der Waals surface area contributed by atoms with Crippen LogP contribution in [-0.4, -0.2) is 46.7 Å². The second kappa shape index (κ2) is 8.61. The van der Waals surface area contributed by atoms with Gasteiger partial charge in [-0.1, -0.05) is 11.6 Å². The van der Waals surface area contributed by atoms with Gasteiger partial charge in [-0.2, -0.15) is 5.26 Å². The number of aromatic nitrogens is 3. The number of carbonyl (C=O) groups excluding carboxylic acids is 1. The monoisotopic (exact) mass is 458 g/mol. The van der Waals surface area contributed by atoms with Crippen molar-refractivity contribution in [3.05, 3.63) is 56.3 Å². The summed E-state index contributed by atoms with van der Waals surface area (Å²) >= 11 is 6.28. The van der Waals surface area contributed by atoms with Crippen LogP contribution in [0.15, 0.2) is 23.0 Å². The summed E-state index contributed by atoms with van der Waals surface area (Å²) in [6.07, 6.45) is 1.63. The highest BCUT2D eigenvalue weighted by Gasteiger charge is 2.29. The summed E-state index contributed by atoms with van der Waals surface area (Å²) in [5.41, 5.74) is 6.20. The first-order valence-electron chi connectivity index (χ1n) is 9.93. The maximum Gasteiger partial charge on any atom is 0.374 e. The zero-order valence-electron chi connectivity index (χ0n) is 17.2. The van der Waals surface area contributed by atoms with E-state index in [-0.39, 0.29) is 35.0 Å². The minimum atomic E-state index is -0.838. The summed E-state index contributed by atoms with van der Waals surface area (Å²) in [5, 5.41) is 10.3. The van der Waals surface area contributed by atoms with Crippen molar-refractivity contribution in [2.75, 3.05) is 25.1 Å². The molecule has 1 saturated heterocycles. The lowest BCUT2D eigenvalue weighted by Gasteiger charge is -2.33. The Morgan fingerprint density at radius 2 is 2.28 bits per heavy atom. The van der Waals surface area contributed by atoms with Crippen LogP contribution >= 0.6 is 11.6 Å². The number of benzene rings is 1. The summed E-state index contributed by atoms with van der Waals surface area (Å²) in [6, 6.07) is 5.94. The molecule has 3 heterocycles. The molecule has 1 aliphatic rings. The zero-order chi connectivity index (χ0) is 23.0. The maximum atomic E-state index is 13.9. The van der Waals surface area contributed by atoms with E-state index in [4.69, 9.17) is 17.3 Å². The molecule has 4 rings (SSSR count). The van der Waals surface area contributed by atoms with E-state index in [1.165, 1.54) is 18.2 Å². The molecular formula is C21H20ClFN6O3. The molecule has 0 amide bonds. The fourth-order valence-corrected chi connectivity index (χ4v) is 4.23. The summed E-state index contributed by atoms with van der Waals surface area (Å²) in [5.74, 6) is -1.21. The van der Waals surface area contributed by atoms with Gasteiger partial charge in [-0.05, 0) is 36.6 Å². The number of hydrogen-bond donors (Lipinski definition) is 2. The Balaban J connectivity index is 2.01. The number of piperidine rings is 1. The smallest absolute Gasteiger partial charge is 0.374 e. The Morgan fingerprint density at radius 1 is 1.50 bits per heavy atom. The van der Waals surface area contributed by atoms with Gasteiger partial charge in [0.05, 0.1) is 13.7 Å². The second-order valence-corrected chi connectivity index (χ2v) is 7.99. The number of rotatable bonds is 4. The molecule has 0 spiro atoms. The second-order valence-electron chi connectivity index (χ2n) is 7.58. The van der Waals surface area contributed by atoms with Crippen LogP contribution in [0.25, 0.3) is 11.0 Å². The first kappa shape index (κ1) is 21.8. The third-order valence-electron chi connectivity index (χ3n) is 5.47. The third-order valence-corrected chi connectivity index (χ3v) is 5.83. The largest absolute Gasteiger partial charge is 0.463 e. The SMILES string of the molecule is COC(=O)c1nc2c(C#N)c(N3CCC[C@@H](N)C3)n(Cc3cc(F)ccc3Cl)c2c(=O)[nH]1. The van der Waals surface area contributed by atoms with Crippen LogP contribution in [0.4, 0.5) is 10.2 Å². The van der Waals surface area contributed by atoms with Crippen molar-refractivity contribution in [2.24, 2.45) is 5.73 Å². The van der Waals surface area contributed by atoms with Crippen LogP contribution in [0, 0.1) is 17.1 Å². The molecule has 3 aromatic rings. The lowest BCUT2D eigenvalue weighted by atomic mass is 10.1. The number of esters is 1. The number of nitrogens with one attached hydrogen (secondary N) is 1. The van der Waals surface area contributed by atoms with Crippen molar-refractivity contribution >= 4 is 34.4 Å². The number of H-pyrrole nitrogens is 1. The molecule has 0 bridgehead atoms. The van der Waals surface area contributed by atoms with Crippen molar-refractivity contribution in [3.8, 4) is 6.07 Å². The predicted octanol–water partition coefficient (Wildman–Crippen LogP) is 2.15. The number of methoxy groups -OCH3 is 1. The van der Waals surface area contributed by atoms with E-state index in [0.29, 0.717) is 29.5 Å². The van der Waals surface area contributed by atoms with Gasteiger partial charge >= 0.3 is 5.97 Å². The van der Waals surface area contributed by atoms with Gasteiger partial charge in [-0.3, -0.25) is 9.78 Å². The summed E-state index contributed by atoms with van der Waals surface area (Å²) in [7, 11) is 1.16. The molecule has 0 unspecified atom stereocenters. The number of nitriles is 1. The van der Waals surface area contributed by atoms with Crippen molar-refractivity contribution < 1.29 is 13.9 Å². The van der Waals surface area contributed by atoms with Crippen molar-refractivity contribution in [1.29, 1.82) is 5.26 Å². The van der Waals surface area contributed by atoms with E-state index < -0.39 is 17.3 Å². The van der Waals surface area contributed by atoms with Crippen molar-refractivity contribution in [3.63, 3.8) is 0 Å². The van der Waals surface area contributed by atoms with E-state index in [1.807, 2.05) is 4.90 Å². The number of halogens is 2. The van der Waals surface area contributed by atoms with Gasteiger partial charge in [0.15, 0.2) is 0 Å². The topological polar surface area (TPSA) is 130 Å². The van der Waals surface area contributed by atoms with Crippen LogP contribution in [-0.2, 0) is 11.3 Å². The van der Waals surface area contributed by atoms with E-state index in [0.717, 1.165) is 20.0 Å². The van der Waals surface area contributed by atoms with Crippen LogP contribution in [0.2, 0.25) is 5.02 Å². The molecule has 1 aromatic carbocycles.